The number of hydrogen-bond donors (Lipinski definition) is 1. The lowest BCUT2D eigenvalue weighted by Crippen LogP contribution is -2.25. The Morgan fingerprint density at radius 3 is 2.88 bits per heavy atom. The molecule has 0 aliphatic rings. The molecule has 132 valence electrons. The van der Waals surface area contributed by atoms with Crippen molar-refractivity contribution >= 4 is 22.6 Å². The fourth-order valence-corrected chi connectivity index (χ4v) is 2.99. The number of aromatic nitrogens is 3. The van der Waals surface area contributed by atoms with Crippen LogP contribution < -0.4 is 10.9 Å². The number of ether oxygens (including phenoxy) is 1. The molecule has 1 amide bonds. The molecule has 0 radical (unpaired) electrons. The molecule has 0 aliphatic heterocycles. The Kier molecular flexibility index (Phi) is 4.85. The highest BCUT2D eigenvalue weighted by molar-refractivity contribution is 5.98. The first kappa shape index (κ1) is 17.2. The molecule has 25 heavy (non-hydrogen) atoms. The second-order valence-electron chi connectivity index (χ2n) is 5.93. The highest BCUT2D eigenvalue weighted by atomic mass is 16.5. The van der Waals surface area contributed by atoms with E-state index in [4.69, 9.17) is 4.74 Å². The SMILES string of the molecule is CCNC(=O)c1cc2c(=O)n3cccc(C)c3nc2n1CCCOC. The topological polar surface area (TPSA) is 77.6 Å². The van der Waals surface area contributed by atoms with Crippen LogP contribution in [0.15, 0.2) is 29.2 Å². The zero-order valence-corrected chi connectivity index (χ0v) is 14.7. The second-order valence-corrected chi connectivity index (χ2v) is 5.93. The van der Waals surface area contributed by atoms with E-state index in [1.807, 2.05) is 30.5 Å². The molecule has 7 nitrogen and oxygen atoms in total. The summed E-state index contributed by atoms with van der Waals surface area (Å²) in [7, 11) is 1.64. The van der Waals surface area contributed by atoms with E-state index in [1.165, 1.54) is 4.40 Å². The molecule has 0 saturated carbocycles. The van der Waals surface area contributed by atoms with Gasteiger partial charge in [0.25, 0.3) is 11.5 Å². The van der Waals surface area contributed by atoms with E-state index in [2.05, 4.69) is 10.3 Å². The maximum Gasteiger partial charge on any atom is 0.267 e. The third-order valence-electron chi connectivity index (χ3n) is 4.19. The summed E-state index contributed by atoms with van der Waals surface area (Å²) in [6.07, 6.45) is 2.42. The summed E-state index contributed by atoms with van der Waals surface area (Å²) in [5.41, 5.74) is 2.33. The molecule has 3 aromatic rings. The van der Waals surface area contributed by atoms with Gasteiger partial charge in [-0.05, 0) is 38.0 Å². The molecule has 3 aromatic heterocycles. The van der Waals surface area contributed by atoms with E-state index >= 15 is 0 Å². The predicted molar refractivity (Wildman–Crippen MR) is 96.2 cm³/mol. The van der Waals surface area contributed by atoms with E-state index < -0.39 is 0 Å². The molecule has 1 N–H and O–H groups in total. The first-order chi connectivity index (χ1) is 12.1. The van der Waals surface area contributed by atoms with Crippen LogP contribution >= 0.6 is 0 Å². The third-order valence-corrected chi connectivity index (χ3v) is 4.19. The van der Waals surface area contributed by atoms with Gasteiger partial charge >= 0.3 is 0 Å². The Morgan fingerprint density at radius 2 is 2.16 bits per heavy atom. The number of aryl methyl sites for hydroxylation is 2. The monoisotopic (exact) mass is 342 g/mol. The maximum atomic E-state index is 12.9. The third kappa shape index (κ3) is 3.02. The number of methoxy groups -OCH3 is 1. The van der Waals surface area contributed by atoms with Crippen LogP contribution in [0.1, 0.15) is 29.4 Å². The highest BCUT2D eigenvalue weighted by Gasteiger charge is 2.19. The number of nitrogens with one attached hydrogen (secondary N) is 1. The van der Waals surface area contributed by atoms with Crippen molar-refractivity contribution in [2.24, 2.45) is 0 Å². The summed E-state index contributed by atoms with van der Waals surface area (Å²) in [6.45, 7) is 5.42. The Balaban J connectivity index is 2.27. The fourth-order valence-electron chi connectivity index (χ4n) is 2.99. The molecule has 0 unspecified atom stereocenters. The molecule has 3 rings (SSSR count). The van der Waals surface area contributed by atoms with Crippen molar-refractivity contribution in [3.8, 4) is 0 Å². The lowest BCUT2D eigenvalue weighted by molar-refractivity contribution is 0.0946. The lowest BCUT2D eigenvalue weighted by Gasteiger charge is -2.10. The summed E-state index contributed by atoms with van der Waals surface area (Å²) in [5.74, 6) is -0.205. The van der Waals surface area contributed by atoms with Gasteiger partial charge in [0, 0.05) is 33.0 Å². The van der Waals surface area contributed by atoms with Crippen molar-refractivity contribution in [1.29, 1.82) is 0 Å². The maximum absolute atomic E-state index is 12.9. The molecular weight excluding hydrogens is 320 g/mol. The summed E-state index contributed by atoms with van der Waals surface area (Å²) in [6, 6.07) is 5.37. The summed E-state index contributed by atoms with van der Waals surface area (Å²) >= 11 is 0. The average Bonchev–Trinajstić information content (AvgIpc) is 2.96. The van der Waals surface area contributed by atoms with Crippen molar-refractivity contribution in [1.82, 2.24) is 19.3 Å². The van der Waals surface area contributed by atoms with Gasteiger partial charge in [0.05, 0.1) is 5.39 Å². The minimum atomic E-state index is -0.205. The Morgan fingerprint density at radius 1 is 1.36 bits per heavy atom. The van der Waals surface area contributed by atoms with E-state index in [0.29, 0.717) is 42.1 Å². The van der Waals surface area contributed by atoms with Crippen LogP contribution in [0.3, 0.4) is 0 Å². The van der Waals surface area contributed by atoms with Crippen molar-refractivity contribution in [2.45, 2.75) is 26.8 Å². The molecule has 7 heteroatoms. The molecule has 0 atom stereocenters. The van der Waals surface area contributed by atoms with Gasteiger partial charge in [0.15, 0.2) is 0 Å². The minimum absolute atomic E-state index is 0.167. The lowest BCUT2D eigenvalue weighted by atomic mass is 10.3. The summed E-state index contributed by atoms with van der Waals surface area (Å²) < 4.78 is 8.45. The van der Waals surface area contributed by atoms with Crippen molar-refractivity contribution in [3.63, 3.8) is 0 Å². The second kappa shape index (κ2) is 7.06. The van der Waals surface area contributed by atoms with E-state index in [0.717, 1.165) is 12.0 Å². The number of nitrogens with zero attached hydrogens (tertiary/aromatic N) is 3. The number of hydrogen-bond acceptors (Lipinski definition) is 4. The summed E-state index contributed by atoms with van der Waals surface area (Å²) in [4.78, 5) is 30.0. The Bertz CT molecular complexity index is 987. The fraction of sp³-hybridized carbons (Fsp3) is 0.389. The van der Waals surface area contributed by atoms with Crippen molar-refractivity contribution in [3.05, 3.63) is 46.0 Å². The van der Waals surface area contributed by atoms with Crippen LogP contribution in [0.5, 0.6) is 0 Å². The predicted octanol–water partition coefficient (Wildman–Crippen LogP) is 1.74. The quantitative estimate of drug-likeness (QED) is 0.692. The highest BCUT2D eigenvalue weighted by Crippen LogP contribution is 2.18. The van der Waals surface area contributed by atoms with Crippen LogP contribution in [0.4, 0.5) is 0 Å². The smallest absolute Gasteiger partial charge is 0.267 e. The van der Waals surface area contributed by atoms with E-state index in [9.17, 15) is 9.59 Å². The van der Waals surface area contributed by atoms with Crippen LogP contribution in [-0.2, 0) is 11.3 Å². The molecule has 0 fully saturated rings. The number of amides is 1. The minimum Gasteiger partial charge on any atom is -0.385 e. The van der Waals surface area contributed by atoms with Gasteiger partial charge in [0.1, 0.15) is 17.0 Å². The Hall–Kier alpha value is -2.67. The molecule has 0 aliphatic carbocycles. The number of rotatable bonds is 6. The van der Waals surface area contributed by atoms with Gasteiger partial charge in [-0.1, -0.05) is 6.07 Å². The van der Waals surface area contributed by atoms with Crippen LogP contribution in [0.25, 0.3) is 16.7 Å². The average molecular weight is 342 g/mol. The molecular formula is C18H22N4O3. The molecule has 0 saturated heterocycles. The largest absolute Gasteiger partial charge is 0.385 e. The van der Waals surface area contributed by atoms with Crippen molar-refractivity contribution < 1.29 is 9.53 Å². The van der Waals surface area contributed by atoms with Gasteiger partial charge in [0.2, 0.25) is 0 Å². The van der Waals surface area contributed by atoms with Crippen LogP contribution in [-0.4, -0.2) is 40.1 Å². The van der Waals surface area contributed by atoms with Gasteiger partial charge in [-0.15, -0.1) is 0 Å². The van der Waals surface area contributed by atoms with Gasteiger partial charge < -0.3 is 14.6 Å². The van der Waals surface area contributed by atoms with E-state index in [-0.39, 0.29) is 11.5 Å². The molecule has 0 spiro atoms. The zero-order valence-electron chi connectivity index (χ0n) is 14.7. The number of fused-ring (bicyclic) bond motifs is 2. The normalized spacial score (nSPS) is 11.3. The van der Waals surface area contributed by atoms with Crippen LogP contribution in [0, 0.1) is 6.92 Å². The first-order valence-electron chi connectivity index (χ1n) is 8.36. The van der Waals surface area contributed by atoms with Gasteiger partial charge in [-0.2, -0.15) is 0 Å². The van der Waals surface area contributed by atoms with Crippen LogP contribution in [0.2, 0.25) is 0 Å². The van der Waals surface area contributed by atoms with E-state index in [1.54, 1.807) is 19.4 Å². The number of pyridine rings is 1. The van der Waals surface area contributed by atoms with Crippen molar-refractivity contribution in [2.75, 3.05) is 20.3 Å². The van der Waals surface area contributed by atoms with Gasteiger partial charge in [-0.25, -0.2) is 4.98 Å². The number of carbonyl (C=O) groups is 1. The summed E-state index contributed by atoms with van der Waals surface area (Å²) in [5, 5.41) is 3.24. The molecule has 3 heterocycles. The standard InChI is InChI=1S/C18H22N4O3/c1-4-19-17(23)14-11-13-16(21(14)9-6-10-25-3)20-15-12(2)7-5-8-22(15)18(13)24/h5,7-8,11H,4,6,9-10H2,1-3H3,(H,19,23). The number of carbonyl (C=O) groups excluding carboxylic acids is 1. The zero-order chi connectivity index (χ0) is 18.0. The first-order valence-corrected chi connectivity index (χ1v) is 8.36. The Labute approximate surface area is 145 Å². The molecule has 0 bridgehead atoms. The van der Waals surface area contributed by atoms with Gasteiger partial charge in [-0.3, -0.25) is 14.0 Å². The molecule has 0 aromatic carbocycles.